The maximum atomic E-state index is 3.67. The zero-order valence-electron chi connectivity index (χ0n) is 8.57. The lowest BCUT2D eigenvalue weighted by molar-refractivity contribution is 0.486. The first-order valence-corrected chi connectivity index (χ1v) is 6.40. The maximum absolute atomic E-state index is 3.67. The van der Waals surface area contributed by atoms with Gasteiger partial charge in [0, 0.05) is 17.8 Å². The number of rotatable bonds is 3. The minimum absolute atomic E-state index is 0.486. The lowest BCUT2D eigenvalue weighted by atomic mass is 10.1. The molecule has 76 valence electrons. The van der Waals surface area contributed by atoms with Crippen LogP contribution in [0.25, 0.3) is 0 Å². The van der Waals surface area contributed by atoms with E-state index < -0.39 is 0 Å². The zero-order chi connectivity index (χ0) is 9.80. The summed E-state index contributed by atoms with van der Waals surface area (Å²) >= 11 is 2.06. The highest BCUT2D eigenvalue weighted by Crippen LogP contribution is 2.20. The van der Waals surface area contributed by atoms with Crippen LogP contribution in [0.3, 0.4) is 0 Å². The van der Waals surface area contributed by atoms with Gasteiger partial charge in [-0.3, -0.25) is 0 Å². The van der Waals surface area contributed by atoms with Crippen LogP contribution >= 0.6 is 11.8 Å². The third-order valence-electron chi connectivity index (χ3n) is 2.71. The molecule has 2 atom stereocenters. The van der Waals surface area contributed by atoms with Crippen LogP contribution in [-0.4, -0.2) is 17.5 Å². The van der Waals surface area contributed by atoms with Gasteiger partial charge in [-0.1, -0.05) is 30.3 Å². The summed E-state index contributed by atoms with van der Waals surface area (Å²) in [5, 5.41) is 3.67. The van der Waals surface area contributed by atoms with Gasteiger partial charge in [0.15, 0.2) is 0 Å². The minimum Gasteiger partial charge on any atom is -0.307 e. The summed E-state index contributed by atoms with van der Waals surface area (Å²) in [5.74, 6) is 2.59. The van der Waals surface area contributed by atoms with E-state index in [1.54, 1.807) is 0 Å². The quantitative estimate of drug-likeness (QED) is 0.818. The highest BCUT2D eigenvalue weighted by molar-refractivity contribution is 7.99. The fourth-order valence-corrected chi connectivity index (χ4v) is 3.02. The molecular weight excluding hydrogens is 190 g/mol. The molecule has 0 amide bonds. The van der Waals surface area contributed by atoms with Gasteiger partial charge in [0.2, 0.25) is 0 Å². The Morgan fingerprint density at radius 1 is 1.36 bits per heavy atom. The molecule has 0 aromatic heterocycles. The topological polar surface area (TPSA) is 12.0 Å². The predicted octanol–water partition coefficient (Wildman–Crippen LogP) is 2.84. The standard InChI is InChI=1S/C12H17NS/c1-10(11-5-3-2-4-6-11)13-12-7-8-14-9-12/h2-6,10,12-13H,7-9H2,1H3. The highest BCUT2D eigenvalue weighted by Gasteiger charge is 2.17. The summed E-state index contributed by atoms with van der Waals surface area (Å²) in [6.07, 6.45) is 1.32. The second-order valence-electron chi connectivity index (χ2n) is 3.86. The number of hydrogen-bond acceptors (Lipinski definition) is 2. The Morgan fingerprint density at radius 3 is 2.79 bits per heavy atom. The molecule has 0 aliphatic carbocycles. The minimum atomic E-state index is 0.486. The zero-order valence-corrected chi connectivity index (χ0v) is 9.39. The average molecular weight is 207 g/mol. The van der Waals surface area contributed by atoms with Crippen LogP contribution in [0.1, 0.15) is 24.9 Å². The SMILES string of the molecule is CC(NC1CCSC1)c1ccccc1. The Morgan fingerprint density at radius 2 is 2.14 bits per heavy atom. The summed E-state index contributed by atoms with van der Waals surface area (Å²) in [7, 11) is 0. The van der Waals surface area contributed by atoms with Crippen molar-refractivity contribution in [2.24, 2.45) is 0 Å². The van der Waals surface area contributed by atoms with Gasteiger partial charge in [0.25, 0.3) is 0 Å². The summed E-state index contributed by atoms with van der Waals surface area (Å²) in [4.78, 5) is 0. The van der Waals surface area contributed by atoms with Crippen LogP contribution in [0.5, 0.6) is 0 Å². The molecule has 1 aliphatic heterocycles. The van der Waals surface area contributed by atoms with Gasteiger partial charge in [-0.15, -0.1) is 0 Å². The highest BCUT2D eigenvalue weighted by atomic mass is 32.2. The van der Waals surface area contributed by atoms with Gasteiger partial charge in [-0.05, 0) is 24.7 Å². The molecule has 2 heteroatoms. The molecule has 14 heavy (non-hydrogen) atoms. The van der Waals surface area contributed by atoms with Crippen molar-refractivity contribution in [3.05, 3.63) is 35.9 Å². The van der Waals surface area contributed by atoms with E-state index in [0.717, 1.165) is 6.04 Å². The number of thioether (sulfide) groups is 1. The van der Waals surface area contributed by atoms with Crippen molar-refractivity contribution in [1.82, 2.24) is 5.32 Å². The Bertz CT molecular complexity index is 267. The molecule has 1 aliphatic rings. The monoisotopic (exact) mass is 207 g/mol. The van der Waals surface area contributed by atoms with Gasteiger partial charge in [0.1, 0.15) is 0 Å². The van der Waals surface area contributed by atoms with Crippen molar-refractivity contribution < 1.29 is 0 Å². The Hall–Kier alpha value is -0.470. The molecule has 0 spiro atoms. The van der Waals surface area contributed by atoms with Crippen molar-refractivity contribution in [1.29, 1.82) is 0 Å². The first-order chi connectivity index (χ1) is 6.86. The Balaban J connectivity index is 1.92. The van der Waals surface area contributed by atoms with Crippen LogP contribution in [0.4, 0.5) is 0 Å². The van der Waals surface area contributed by atoms with E-state index in [0.29, 0.717) is 6.04 Å². The van der Waals surface area contributed by atoms with E-state index in [9.17, 15) is 0 Å². The fourth-order valence-electron chi connectivity index (χ4n) is 1.86. The van der Waals surface area contributed by atoms with E-state index in [4.69, 9.17) is 0 Å². The molecule has 1 heterocycles. The summed E-state index contributed by atoms with van der Waals surface area (Å²) in [5.41, 5.74) is 1.39. The summed E-state index contributed by atoms with van der Waals surface area (Å²) in [6.45, 7) is 2.25. The molecule has 1 aromatic rings. The summed E-state index contributed by atoms with van der Waals surface area (Å²) < 4.78 is 0. The van der Waals surface area contributed by atoms with Crippen molar-refractivity contribution >= 4 is 11.8 Å². The molecule has 2 rings (SSSR count). The number of benzene rings is 1. The maximum Gasteiger partial charge on any atom is 0.0294 e. The Labute approximate surface area is 90.3 Å². The molecule has 0 radical (unpaired) electrons. The lowest BCUT2D eigenvalue weighted by Crippen LogP contribution is -2.31. The molecule has 1 nitrogen and oxygen atoms in total. The average Bonchev–Trinajstić information content (AvgIpc) is 2.72. The molecule has 1 N–H and O–H groups in total. The van der Waals surface area contributed by atoms with Gasteiger partial charge >= 0.3 is 0 Å². The number of nitrogens with one attached hydrogen (secondary N) is 1. The van der Waals surface area contributed by atoms with E-state index in [1.807, 2.05) is 0 Å². The first-order valence-electron chi connectivity index (χ1n) is 5.25. The second kappa shape index (κ2) is 4.85. The van der Waals surface area contributed by atoms with E-state index in [1.165, 1.54) is 23.5 Å². The molecule has 0 bridgehead atoms. The van der Waals surface area contributed by atoms with Crippen LogP contribution in [0, 0.1) is 0 Å². The molecule has 1 fully saturated rings. The van der Waals surface area contributed by atoms with Crippen LogP contribution in [0.2, 0.25) is 0 Å². The van der Waals surface area contributed by atoms with Gasteiger partial charge in [-0.25, -0.2) is 0 Å². The third kappa shape index (κ3) is 2.52. The van der Waals surface area contributed by atoms with Gasteiger partial charge in [0.05, 0.1) is 0 Å². The third-order valence-corrected chi connectivity index (χ3v) is 3.88. The fraction of sp³-hybridized carbons (Fsp3) is 0.500. The van der Waals surface area contributed by atoms with E-state index in [2.05, 4.69) is 54.3 Å². The van der Waals surface area contributed by atoms with Crippen LogP contribution < -0.4 is 5.32 Å². The van der Waals surface area contributed by atoms with Crippen molar-refractivity contribution in [3.8, 4) is 0 Å². The summed E-state index contributed by atoms with van der Waals surface area (Å²) in [6, 6.07) is 11.9. The molecule has 0 saturated carbocycles. The molecule has 2 unspecified atom stereocenters. The normalized spacial score (nSPS) is 23.6. The lowest BCUT2D eigenvalue weighted by Gasteiger charge is -2.18. The predicted molar refractivity (Wildman–Crippen MR) is 63.7 cm³/mol. The van der Waals surface area contributed by atoms with E-state index in [-0.39, 0.29) is 0 Å². The van der Waals surface area contributed by atoms with Crippen LogP contribution in [-0.2, 0) is 0 Å². The van der Waals surface area contributed by atoms with Crippen molar-refractivity contribution in [2.45, 2.75) is 25.4 Å². The smallest absolute Gasteiger partial charge is 0.0294 e. The largest absolute Gasteiger partial charge is 0.307 e. The molecule has 1 aromatic carbocycles. The second-order valence-corrected chi connectivity index (χ2v) is 5.01. The molecular formula is C12H17NS. The van der Waals surface area contributed by atoms with Crippen LogP contribution in [0.15, 0.2) is 30.3 Å². The Kier molecular flexibility index (Phi) is 3.49. The van der Waals surface area contributed by atoms with Crippen molar-refractivity contribution in [2.75, 3.05) is 11.5 Å². The van der Waals surface area contributed by atoms with Crippen molar-refractivity contribution in [3.63, 3.8) is 0 Å². The number of hydrogen-bond donors (Lipinski definition) is 1. The molecule has 1 saturated heterocycles. The van der Waals surface area contributed by atoms with E-state index >= 15 is 0 Å². The first kappa shape index (κ1) is 10.1. The van der Waals surface area contributed by atoms with Gasteiger partial charge < -0.3 is 5.32 Å². The van der Waals surface area contributed by atoms with Gasteiger partial charge in [-0.2, -0.15) is 11.8 Å².